The van der Waals surface area contributed by atoms with Gasteiger partial charge in [-0.15, -0.1) is 0 Å². The predicted octanol–water partition coefficient (Wildman–Crippen LogP) is 1.94. The maximum atomic E-state index is 12.1. The van der Waals surface area contributed by atoms with Crippen molar-refractivity contribution in [3.8, 4) is 6.07 Å². The molecule has 0 heterocycles. The molecule has 0 unspecified atom stereocenters. The van der Waals surface area contributed by atoms with Crippen molar-refractivity contribution in [2.45, 2.75) is 18.7 Å². The van der Waals surface area contributed by atoms with E-state index in [1.54, 1.807) is 30.3 Å². The Morgan fingerprint density at radius 3 is 2.47 bits per heavy atom. The van der Waals surface area contributed by atoms with Crippen LogP contribution in [-0.2, 0) is 9.84 Å². The second-order valence-corrected chi connectivity index (χ2v) is 6.66. The van der Waals surface area contributed by atoms with Crippen molar-refractivity contribution >= 4 is 9.84 Å². The van der Waals surface area contributed by atoms with E-state index in [4.69, 9.17) is 5.26 Å². The topological polar surface area (TPSA) is 61.2 Å². The summed E-state index contributed by atoms with van der Waals surface area (Å²) in [5, 5.41) is 8.79. The van der Waals surface area contributed by atoms with Crippen LogP contribution < -0.4 is 0 Å². The summed E-state index contributed by atoms with van der Waals surface area (Å²) < 4.78 is 24.2. The highest BCUT2D eigenvalue weighted by atomic mass is 32.2. The van der Waals surface area contributed by atoms with E-state index in [2.05, 4.69) is 6.07 Å². The average molecular weight is 280 g/mol. The van der Waals surface area contributed by atoms with Crippen molar-refractivity contribution < 1.29 is 8.42 Å². The highest BCUT2D eigenvalue weighted by molar-refractivity contribution is 7.91. The monoisotopic (exact) mass is 280 g/mol. The molecule has 1 aromatic carbocycles. The molecule has 0 bridgehead atoms. The van der Waals surface area contributed by atoms with Crippen LogP contribution in [0, 0.1) is 17.2 Å². The van der Waals surface area contributed by atoms with Gasteiger partial charge in [-0.25, -0.2) is 8.42 Å². The van der Waals surface area contributed by atoms with E-state index in [1.165, 1.54) is 0 Å². The van der Waals surface area contributed by atoms with Gasteiger partial charge in [0.15, 0.2) is 9.84 Å². The number of rotatable bonds is 7. The first-order chi connectivity index (χ1) is 8.99. The van der Waals surface area contributed by atoms with E-state index in [-0.39, 0.29) is 11.7 Å². The van der Waals surface area contributed by atoms with Crippen molar-refractivity contribution in [1.29, 1.82) is 5.26 Å². The minimum Gasteiger partial charge on any atom is -0.301 e. The normalized spacial score (nSPS) is 13.2. The fourth-order valence-electron chi connectivity index (χ4n) is 1.80. The molecule has 0 fully saturated rings. The molecule has 19 heavy (non-hydrogen) atoms. The first-order valence-electron chi connectivity index (χ1n) is 6.39. The Balaban J connectivity index is 2.62. The van der Waals surface area contributed by atoms with Gasteiger partial charge in [0.05, 0.1) is 22.6 Å². The summed E-state index contributed by atoms with van der Waals surface area (Å²) in [6.07, 6.45) is 0. The third kappa shape index (κ3) is 5.01. The molecule has 1 atom stereocenters. The Kier molecular flexibility index (Phi) is 6.00. The first kappa shape index (κ1) is 15.7. The fraction of sp³-hybridized carbons (Fsp3) is 0.500. The van der Waals surface area contributed by atoms with Gasteiger partial charge in [0, 0.05) is 13.1 Å². The molecule has 1 rings (SSSR count). The fourth-order valence-corrected chi connectivity index (χ4v) is 3.11. The molecule has 0 radical (unpaired) electrons. The van der Waals surface area contributed by atoms with Crippen LogP contribution in [0.2, 0.25) is 0 Å². The van der Waals surface area contributed by atoms with Crippen molar-refractivity contribution in [2.75, 3.05) is 25.4 Å². The standard InChI is InChI=1S/C14H20N2O2S/c1-3-16(12-13(2)11-15)9-10-19(17,18)14-7-5-4-6-8-14/h4-8,13H,3,9-10,12H2,1-2H3/t13-/m0/s1. The molecule has 0 N–H and O–H groups in total. The van der Waals surface area contributed by atoms with Crippen LogP contribution in [-0.4, -0.2) is 38.7 Å². The van der Waals surface area contributed by atoms with Gasteiger partial charge in [-0.1, -0.05) is 25.1 Å². The predicted molar refractivity (Wildman–Crippen MR) is 75.4 cm³/mol. The second-order valence-electron chi connectivity index (χ2n) is 4.56. The van der Waals surface area contributed by atoms with Gasteiger partial charge < -0.3 is 4.90 Å². The van der Waals surface area contributed by atoms with E-state index in [0.29, 0.717) is 18.0 Å². The van der Waals surface area contributed by atoms with Crippen LogP contribution >= 0.6 is 0 Å². The summed E-state index contributed by atoms with van der Waals surface area (Å²) in [5.41, 5.74) is 0. The molecule has 0 aliphatic rings. The average Bonchev–Trinajstić information content (AvgIpc) is 2.44. The maximum absolute atomic E-state index is 12.1. The molecule has 104 valence electrons. The van der Waals surface area contributed by atoms with E-state index in [1.807, 2.05) is 18.7 Å². The quantitative estimate of drug-likeness (QED) is 0.766. The lowest BCUT2D eigenvalue weighted by atomic mass is 10.2. The van der Waals surface area contributed by atoms with Crippen LogP contribution in [0.5, 0.6) is 0 Å². The Hall–Kier alpha value is -1.38. The van der Waals surface area contributed by atoms with Crippen LogP contribution in [0.1, 0.15) is 13.8 Å². The minimum absolute atomic E-state index is 0.0839. The van der Waals surface area contributed by atoms with E-state index in [9.17, 15) is 8.42 Å². The molecule has 0 aromatic heterocycles. The molecule has 0 saturated carbocycles. The molecule has 0 amide bonds. The molecule has 0 aliphatic carbocycles. The van der Waals surface area contributed by atoms with Gasteiger partial charge in [0.25, 0.3) is 0 Å². The second kappa shape index (κ2) is 7.27. The van der Waals surface area contributed by atoms with Crippen molar-refractivity contribution in [2.24, 2.45) is 5.92 Å². The van der Waals surface area contributed by atoms with Gasteiger partial charge in [-0.3, -0.25) is 0 Å². The molecular weight excluding hydrogens is 260 g/mol. The summed E-state index contributed by atoms with van der Waals surface area (Å²) in [6, 6.07) is 10.6. The number of benzene rings is 1. The van der Waals surface area contributed by atoms with Crippen molar-refractivity contribution in [1.82, 2.24) is 4.90 Å². The molecule has 0 spiro atoms. The Morgan fingerprint density at radius 1 is 1.32 bits per heavy atom. The number of nitriles is 1. The van der Waals surface area contributed by atoms with Crippen molar-refractivity contribution in [3.05, 3.63) is 30.3 Å². The Bertz CT molecular complexity index is 520. The summed E-state index contributed by atoms with van der Waals surface area (Å²) in [6.45, 7) is 5.63. The minimum atomic E-state index is -3.23. The lowest BCUT2D eigenvalue weighted by molar-refractivity contribution is 0.283. The van der Waals surface area contributed by atoms with Crippen LogP contribution in [0.3, 0.4) is 0 Å². The third-order valence-corrected chi connectivity index (χ3v) is 4.69. The number of sulfone groups is 1. The lowest BCUT2D eigenvalue weighted by Gasteiger charge is -2.21. The van der Waals surface area contributed by atoms with Gasteiger partial charge >= 0.3 is 0 Å². The molecule has 0 aliphatic heterocycles. The van der Waals surface area contributed by atoms with Gasteiger partial charge in [0.2, 0.25) is 0 Å². The zero-order valence-corrected chi connectivity index (χ0v) is 12.2. The number of nitrogens with zero attached hydrogens (tertiary/aromatic N) is 2. The summed E-state index contributed by atoms with van der Waals surface area (Å²) in [4.78, 5) is 2.35. The van der Waals surface area contributed by atoms with Gasteiger partial charge in [0.1, 0.15) is 0 Å². The molecule has 4 nitrogen and oxygen atoms in total. The van der Waals surface area contributed by atoms with E-state index < -0.39 is 9.84 Å². The summed E-state index contributed by atoms with van der Waals surface area (Å²) >= 11 is 0. The van der Waals surface area contributed by atoms with Crippen LogP contribution in [0.4, 0.5) is 0 Å². The summed E-state index contributed by atoms with van der Waals surface area (Å²) in [7, 11) is -3.23. The SMILES string of the molecule is CCN(CCS(=O)(=O)c1ccccc1)C[C@@H](C)C#N. The maximum Gasteiger partial charge on any atom is 0.179 e. The molecule has 0 saturated heterocycles. The Labute approximate surface area is 115 Å². The van der Waals surface area contributed by atoms with Gasteiger partial charge in [-0.2, -0.15) is 5.26 Å². The molecule has 1 aromatic rings. The highest BCUT2D eigenvalue weighted by Crippen LogP contribution is 2.10. The lowest BCUT2D eigenvalue weighted by Crippen LogP contribution is -2.32. The number of hydrogen-bond donors (Lipinski definition) is 0. The largest absolute Gasteiger partial charge is 0.301 e. The van der Waals surface area contributed by atoms with Crippen LogP contribution in [0.15, 0.2) is 35.2 Å². The van der Waals surface area contributed by atoms with Gasteiger partial charge in [-0.05, 0) is 25.6 Å². The molecular formula is C14H20N2O2S. The summed E-state index contributed by atoms with van der Waals surface area (Å²) in [5.74, 6) is 0.00240. The van der Waals surface area contributed by atoms with E-state index >= 15 is 0 Å². The molecule has 5 heteroatoms. The van der Waals surface area contributed by atoms with Crippen LogP contribution in [0.25, 0.3) is 0 Å². The third-order valence-electron chi connectivity index (χ3n) is 2.98. The smallest absolute Gasteiger partial charge is 0.179 e. The number of hydrogen-bond acceptors (Lipinski definition) is 4. The first-order valence-corrected chi connectivity index (χ1v) is 8.04. The zero-order chi connectivity index (χ0) is 14.3. The van der Waals surface area contributed by atoms with E-state index in [0.717, 1.165) is 6.54 Å². The Morgan fingerprint density at radius 2 is 1.95 bits per heavy atom. The van der Waals surface area contributed by atoms with Crippen molar-refractivity contribution in [3.63, 3.8) is 0 Å². The highest BCUT2D eigenvalue weighted by Gasteiger charge is 2.16. The zero-order valence-electron chi connectivity index (χ0n) is 11.4.